The lowest BCUT2D eigenvalue weighted by Crippen LogP contribution is -2.46. The molecule has 1 aromatic heterocycles. The lowest BCUT2D eigenvalue weighted by atomic mass is 10.0. The number of anilines is 3. The zero-order valence-electron chi connectivity index (χ0n) is 23.1. The lowest BCUT2D eigenvalue weighted by molar-refractivity contribution is -0.192. The maximum atomic E-state index is 14.8. The van der Waals surface area contributed by atoms with Crippen molar-refractivity contribution in [2.45, 2.75) is 18.4 Å². The highest BCUT2D eigenvalue weighted by Gasteiger charge is 2.46. The average Bonchev–Trinajstić information content (AvgIpc) is 3.67. The predicted octanol–water partition coefficient (Wildman–Crippen LogP) is 4.32. The molecule has 0 spiro atoms. The smallest absolute Gasteiger partial charge is 0.409 e. The van der Waals surface area contributed by atoms with Crippen LogP contribution >= 0.6 is 0 Å². The summed E-state index contributed by atoms with van der Waals surface area (Å²) in [7, 11) is 0. The van der Waals surface area contributed by atoms with E-state index in [1.165, 1.54) is 29.5 Å². The molecule has 1 amide bonds. The van der Waals surface area contributed by atoms with Crippen LogP contribution in [0.25, 0.3) is 0 Å². The second kappa shape index (κ2) is 12.2. The molecular formula is C30H30F2N6O5. The van der Waals surface area contributed by atoms with E-state index < -0.39 is 29.6 Å². The maximum Gasteiger partial charge on any atom is 0.409 e. The number of halogens is 2. The van der Waals surface area contributed by atoms with Crippen molar-refractivity contribution in [1.29, 1.82) is 0 Å². The predicted molar refractivity (Wildman–Crippen MR) is 153 cm³/mol. The minimum Gasteiger partial charge on any atom is -0.491 e. The Morgan fingerprint density at radius 3 is 2.28 bits per heavy atom. The van der Waals surface area contributed by atoms with Gasteiger partial charge in [-0.15, -0.1) is 0 Å². The Labute approximate surface area is 246 Å². The van der Waals surface area contributed by atoms with Crippen LogP contribution in [0.5, 0.6) is 5.75 Å². The Hall–Kier alpha value is -4.75. The molecule has 3 heterocycles. The van der Waals surface area contributed by atoms with E-state index in [1.807, 2.05) is 36.4 Å². The van der Waals surface area contributed by atoms with Crippen molar-refractivity contribution in [3.05, 3.63) is 96.6 Å². The number of amides is 1. The minimum absolute atomic E-state index is 0.0290. The lowest BCUT2D eigenvalue weighted by Gasteiger charge is -2.37. The summed E-state index contributed by atoms with van der Waals surface area (Å²) in [5.41, 5.74) is 2.73. The summed E-state index contributed by atoms with van der Waals surface area (Å²) in [6, 6.07) is 18.4. The molecule has 2 saturated heterocycles. The number of aromatic nitrogens is 3. The molecule has 0 saturated carbocycles. The molecule has 2 atom stereocenters. The standard InChI is InChI=1S/C30H30F2N6O5/c31-21-1-10-27(28(32)15-21)30(18-38-20-33-19-34-38)42-17-26(43-30)16-41-25-8-6-24(7-9-25)37-13-11-36(12-14-37)23-4-2-22(3-5-23)35-29(39)40/h1-10,15,19-20,26,35H,11-14,16-18H2,(H,39,40). The molecule has 0 bridgehead atoms. The van der Waals surface area contributed by atoms with Crippen molar-refractivity contribution in [2.24, 2.45) is 0 Å². The summed E-state index contributed by atoms with van der Waals surface area (Å²) in [4.78, 5) is 19.3. The van der Waals surface area contributed by atoms with Crippen LogP contribution in [0.1, 0.15) is 5.56 Å². The van der Waals surface area contributed by atoms with Gasteiger partial charge in [0, 0.05) is 54.9 Å². The van der Waals surface area contributed by atoms with E-state index in [4.69, 9.17) is 19.3 Å². The maximum absolute atomic E-state index is 14.8. The monoisotopic (exact) mass is 592 g/mol. The first-order chi connectivity index (χ1) is 20.9. The van der Waals surface area contributed by atoms with Crippen LogP contribution < -0.4 is 19.9 Å². The summed E-state index contributed by atoms with van der Waals surface area (Å²) in [6.07, 6.45) is 1.24. The van der Waals surface area contributed by atoms with Gasteiger partial charge in [-0.1, -0.05) is 0 Å². The van der Waals surface area contributed by atoms with Gasteiger partial charge in [0.15, 0.2) is 0 Å². The topological polar surface area (TPSA) is 114 Å². The SMILES string of the molecule is O=C(O)Nc1ccc(N2CCN(c3ccc(OCC4COC(Cn5cncn5)(c5ccc(F)cc5F)O4)cc3)CC2)cc1. The number of rotatable bonds is 9. The zero-order valence-corrected chi connectivity index (χ0v) is 23.1. The molecule has 13 heteroatoms. The number of hydrogen-bond donors (Lipinski definition) is 2. The van der Waals surface area contributed by atoms with E-state index in [2.05, 4.69) is 25.2 Å². The molecule has 2 unspecified atom stereocenters. The number of nitrogens with one attached hydrogen (secondary N) is 1. The van der Waals surface area contributed by atoms with Gasteiger partial charge in [-0.3, -0.25) is 5.32 Å². The van der Waals surface area contributed by atoms with Crippen LogP contribution in [0.2, 0.25) is 0 Å². The molecule has 0 radical (unpaired) electrons. The fourth-order valence-corrected chi connectivity index (χ4v) is 5.33. The van der Waals surface area contributed by atoms with Gasteiger partial charge in [-0.25, -0.2) is 23.2 Å². The molecule has 2 fully saturated rings. The molecule has 4 aromatic rings. The van der Waals surface area contributed by atoms with Gasteiger partial charge in [0.05, 0.1) is 6.61 Å². The highest BCUT2D eigenvalue weighted by atomic mass is 19.1. The number of hydrogen-bond acceptors (Lipinski definition) is 8. The minimum atomic E-state index is -1.51. The number of ether oxygens (including phenoxy) is 3. The summed E-state index contributed by atoms with van der Waals surface area (Å²) in [5, 5.41) is 15.3. The Kier molecular flexibility index (Phi) is 8.07. The number of piperazine rings is 1. The summed E-state index contributed by atoms with van der Waals surface area (Å²) in [6.45, 7) is 3.66. The molecule has 43 heavy (non-hydrogen) atoms. The van der Waals surface area contributed by atoms with Crippen molar-refractivity contribution in [2.75, 3.05) is 54.5 Å². The van der Waals surface area contributed by atoms with E-state index in [0.29, 0.717) is 11.4 Å². The second-order valence-corrected chi connectivity index (χ2v) is 10.3. The first kappa shape index (κ1) is 28.4. The normalized spacial score (nSPS) is 20.3. The number of carboxylic acid groups (broad SMARTS) is 1. The third-order valence-electron chi connectivity index (χ3n) is 7.44. The Morgan fingerprint density at radius 1 is 1.00 bits per heavy atom. The van der Waals surface area contributed by atoms with Crippen molar-refractivity contribution < 1.29 is 32.9 Å². The second-order valence-electron chi connectivity index (χ2n) is 10.3. The third-order valence-corrected chi connectivity index (χ3v) is 7.44. The zero-order chi connectivity index (χ0) is 29.8. The summed E-state index contributed by atoms with van der Waals surface area (Å²) < 4.78 is 48.1. The first-order valence-corrected chi connectivity index (χ1v) is 13.8. The van der Waals surface area contributed by atoms with Crippen LogP contribution in [0.3, 0.4) is 0 Å². The molecule has 2 aliphatic heterocycles. The third kappa shape index (κ3) is 6.52. The fourth-order valence-electron chi connectivity index (χ4n) is 5.33. The van der Waals surface area contributed by atoms with E-state index in [9.17, 15) is 13.6 Å². The molecule has 2 N–H and O–H groups in total. The highest BCUT2D eigenvalue weighted by molar-refractivity contribution is 5.83. The van der Waals surface area contributed by atoms with Crippen LogP contribution in [-0.4, -0.2) is 71.5 Å². The van der Waals surface area contributed by atoms with Crippen LogP contribution in [0.15, 0.2) is 79.4 Å². The van der Waals surface area contributed by atoms with E-state index >= 15 is 0 Å². The van der Waals surface area contributed by atoms with E-state index in [1.54, 1.807) is 12.1 Å². The van der Waals surface area contributed by atoms with Crippen LogP contribution in [0.4, 0.5) is 30.6 Å². The average molecular weight is 593 g/mol. The van der Waals surface area contributed by atoms with Gasteiger partial charge in [0.25, 0.3) is 0 Å². The van der Waals surface area contributed by atoms with Gasteiger partial charge in [0.2, 0.25) is 5.79 Å². The van der Waals surface area contributed by atoms with Gasteiger partial charge >= 0.3 is 6.09 Å². The number of benzene rings is 3. The highest BCUT2D eigenvalue weighted by Crippen LogP contribution is 2.38. The molecule has 224 valence electrons. The van der Waals surface area contributed by atoms with E-state index in [-0.39, 0.29) is 25.3 Å². The van der Waals surface area contributed by atoms with Crippen molar-refractivity contribution >= 4 is 23.2 Å². The molecule has 3 aromatic carbocycles. The van der Waals surface area contributed by atoms with Gasteiger partial charge < -0.3 is 29.1 Å². The molecule has 2 aliphatic rings. The Morgan fingerprint density at radius 2 is 1.67 bits per heavy atom. The van der Waals surface area contributed by atoms with Crippen molar-refractivity contribution in [1.82, 2.24) is 14.8 Å². The van der Waals surface area contributed by atoms with Gasteiger partial charge in [-0.2, -0.15) is 5.10 Å². The van der Waals surface area contributed by atoms with Crippen LogP contribution in [-0.2, 0) is 21.8 Å². The molecule has 0 aliphatic carbocycles. The summed E-state index contributed by atoms with van der Waals surface area (Å²) >= 11 is 0. The Bertz CT molecular complexity index is 1530. The number of carbonyl (C=O) groups is 1. The van der Waals surface area contributed by atoms with Crippen molar-refractivity contribution in [3.8, 4) is 5.75 Å². The quantitative estimate of drug-likeness (QED) is 0.293. The first-order valence-electron chi connectivity index (χ1n) is 13.8. The van der Waals surface area contributed by atoms with Gasteiger partial charge in [0.1, 0.15) is 49.3 Å². The summed E-state index contributed by atoms with van der Waals surface area (Å²) in [5.74, 6) is -2.32. The fraction of sp³-hybridized carbons (Fsp3) is 0.300. The van der Waals surface area contributed by atoms with Crippen molar-refractivity contribution in [3.63, 3.8) is 0 Å². The molecule has 11 nitrogen and oxygen atoms in total. The number of nitrogens with zero attached hydrogens (tertiary/aromatic N) is 5. The van der Waals surface area contributed by atoms with E-state index in [0.717, 1.165) is 43.6 Å². The molecular weight excluding hydrogens is 562 g/mol. The van der Waals surface area contributed by atoms with Crippen LogP contribution in [0, 0.1) is 11.6 Å². The van der Waals surface area contributed by atoms with Gasteiger partial charge in [-0.05, 0) is 60.7 Å². The Balaban J connectivity index is 1.03. The molecule has 6 rings (SSSR count). The largest absolute Gasteiger partial charge is 0.491 e.